The van der Waals surface area contributed by atoms with Gasteiger partial charge in [-0.1, -0.05) is 0 Å². The molecule has 1 heterocycles. The average Bonchev–Trinajstić information content (AvgIpc) is 1.88. The Morgan fingerprint density at radius 1 is 1.40 bits per heavy atom. The lowest BCUT2D eigenvalue weighted by molar-refractivity contribution is 0.194. The van der Waals surface area contributed by atoms with Gasteiger partial charge in [-0.05, 0) is 13.8 Å². The van der Waals surface area contributed by atoms with Gasteiger partial charge in [0, 0.05) is 6.20 Å². The van der Waals surface area contributed by atoms with E-state index in [0.29, 0.717) is 5.69 Å². The number of nitrogens with zero attached hydrogens (tertiary/aromatic N) is 2. The minimum atomic E-state index is -0.520. The maximum Gasteiger partial charge on any atom is 0.0947 e. The minimum absolute atomic E-state index is 0.520. The lowest BCUT2D eigenvalue weighted by Crippen LogP contribution is -1.96. The van der Waals surface area contributed by atoms with Gasteiger partial charge in [0.05, 0.1) is 23.7 Å². The van der Waals surface area contributed by atoms with Crippen molar-refractivity contribution in [2.45, 2.75) is 20.0 Å². The monoisotopic (exact) mass is 138 g/mol. The van der Waals surface area contributed by atoms with Gasteiger partial charge in [-0.3, -0.25) is 9.97 Å². The van der Waals surface area contributed by atoms with Crippen molar-refractivity contribution in [3.63, 3.8) is 0 Å². The van der Waals surface area contributed by atoms with Crippen LogP contribution in [0.4, 0.5) is 0 Å². The topological polar surface area (TPSA) is 46.0 Å². The highest BCUT2D eigenvalue weighted by Gasteiger charge is 2.00. The SMILES string of the molecule is Cc1cnc(C(C)O)cn1. The maximum absolute atomic E-state index is 9.01. The Morgan fingerprint density at radius 3 is 2.50 bits per heavy atom. The Balaban J connectivity index is 2.89. The van der Waals surface area contributed by atoms with E-state index in [1.54, 1.807) is 19.3 Å². The number of aryl methyl sites for hydroxylation is 1. The Hall–Kier alpha value is -0.960. The highest BCUT2D eigenvalue weighted by atomic mass is 16.3. The summed E-state index contributed by atoms with van der Waals surface area (Å²) < 4.78 is 0. The van der Waals surface area contributed by atoms with E-state index in [-0.39, 0.29) is 0 Å². The number of aliphatic hydroxyl groups is 1. The maximum atomic E-state index is 9.01. The van der Waals surface area contributed by atoms with Gasteiger partial charge in [-0.15, -0.1) is 0 Å². The molecule has 54 valence electrons. The fraction of sp³-hybridized carbons (Fsp3) is 0.429. The van der Waals surface area contributed by atoms with Gasteiger partial charge in [-0.25, -0.2) is 0 Å². The molecule has 1 N–H and O–H groups in total. The van der Waals surface area contributed by atoms with Crippen LogP contribution >= 0.6 is 0 Å². The van der Waals surface area contributed by atoms with Gasteiger partial charge in [0.25, 0.3) is 0 Å². The molecule has 0 radical (unpaired) electrons. The van der Waals surface area contributed by atoms with Gasteiger partial charge in [0.15, 0.2) is 0 Å². The van der Waals surface area contributed by atoms with Crippen molar-refractivity contribution in [1.29, 1.82) is 0 Å². The van der Waals surface area contributed by atoms with Crippen LogP contribution in [0.2, 0.25) is 0 Å². The minimum Gasteiger partial charge on any atom is -0.387 e. The van der Waals surface area contributed by atoms with Crippen LogP contribution in [-0.2, 0) is 0 Å². The van der Waals surface area contributed by atoms with Crippen LogP contribution in [0.5, 0.6) is 0 Å². The zero-order valence-electron chi connectivity index (χ0n) is 6.07. The van der Waals surface area contributed by atoms with Gasteiger partial charge in [0.1, 0.15) is 0 Å². The first-order chi connectivity index (χ1) is 4.70. The molecule has 0 saturated heterocycles. The first kappa shape index (κ1) is 7.15. The van der Waals surface area contributed by atoms with Crippen LogP contribution < -0.4 is 0 Å². The molecule has 0 amide bonds. The highest BCUT2D eigenvalue weighted by Crippen LogP contribution is 2.05. The van der Waals surface area contributed by atoms with Crippen molar-refractivity contribution >= 4 is 0 Å². The number of rotatable bonds is 1. The molecule has 1 aromatic rings. The summed E-state index contributed by atoms with van der Waals surface area (Å²) in [6.07, 6.45) is 2.70. The summed E-state index contributed by atoms with van der Waals surface area (Å²) in [6, 6.07) is 0. The van der Waals surface area contributed by atoms with E-state index in [0.717, 1.165) is 5.69 Å². The van der Waals surface area contributed by atoms with Crippen molar-refractivity contribution < 1.29 is 5.11 Å². The van der Waals surface area contributed by atoms with Crippen molar-refractivity contribution in [3.8, 4) is 0 Å². The molecule has 0 fully saturated rings. The summed E-state index contributed by atoms with van der Waals surface area (Å²) >= 11 is 0. The molecule has 1 atom stereocenters. The standard InChI is InChI=1S/C7H10N2O/c1-5-3-9-7(4-8-5)6(2)10/h3-4,6,10H,1-2H3. The summed E-state index contributed by atoms with van der Waals surface area (Å²) in [7, 11) is 0. The summed E-state index contributed by atoms with van der Waals surface area (Å²) in [4.78, 5) is 7.94. The smallest absolute Gasteiger partial charge is 0.0947 e. The molecular formula is C7H10N2O. The number of aliphatic hydroxyl groups excluding tert-OH is 1. The second-order valence-corrected chi connectivity index (χ2v) is 2.26. The van der Waals surface area contributed by atoms with Crippen LogP contribution in [-0.4, -0.2) is 15.1 Å². The van der Waals surface area contributed by atoms with E-state index in [9.17, 15) is 0 Å². The summed E-state index contributed by atoms with van der Waals surface area (Å²) in [5.41, 5.74) is 1.48. The van der Waals surface area contributed by atoms with E-state index >= 15 is 0 Å². The second kappa shape index (κ2) is 2.75. The molecule has 0 aromatic carbocycles. The Bertz CT molecular complexity index is 205. The molecule has 3 nitrogen and oxygen atoms in total. The lowest BCUT2D eigenvalue weighted by atomic mass is 10.3. The van der Waals surface area contributed by atoms with E-state index in [1.807, 2.05) is 6.92 Å². The molecule has 1 rings (SSSR count). The first-order valence-corrected chi connectivity index (χ1v) is 3.17. The molecule has 0 aliphatic carbocycles. The molecule has 1 aromatic heterocycles. The fourth-order valence-electron chi connectivity index (χ4n) is 0.618. The van der Waals surface area contributed by atoms with Crippen molar-refractivity contribution in [1.82, 2.24) is 9.97 Å². The van der Waals surface area contributed by atoms with Crippen LogP contribution in [0.1, 0.15) is 24.4 Å². The molecule has 3 heteroatoms. The predicted octanol–water partition coefficient (Wildman–Crippen LogP) is 0.838. The molecule has 0 bridgehead atoms. The third-order valence-corrected chi connectivity index (χ3v) is 1.23. The van der Waals surface area contributed by atoms with Crippen LogP contribution in [0.3, 0.4) is 0 Å². The zero-order valence-corrected chi connectivity index (χ0v) is 6.07. The fourth-order valence-corrected chi connectivity index (χ4v) is 0.618. The van der Waals surface area contributed by atoms with Gasteiger partial charge < -0.3 is 5.11 Å². The Kier molecular flexibility index (Phi) is 1.97. The van der Waals surface area contributed by atoms with Gasteiger partial charge in [-0.2, -0.15) is 0 Å². The quantitative estimate of drug-likeness (QED) is 0.625. The van der Waals surface area contributed by atoms with E-state index in [4.69, 9.17) is 5.11 Å². The van der Waals surface area contributed by atoms with Crippen molar-refractivity contribution in [3.05, 3.63) is 23.8 Å². The molecule has 0 spiro atoms. The molecule has 0 aliphatic rings. The molecule has 0 aliphatic heterocycles. The van der Waals surface area contributed by atoms with E-state index in [1.165, 1.54) is 0 Å². The molecule has 1 unspecified atom stereocenters. The largest absolute Gasteiger partial charge is 0.387 e. The van der Waals surface area contributed by atoms with Crippen molar-refractivity contribution in [2.24, 2.45) is 0 Å². The molecule has 0 saturated carbocycles. The van der Waals surface area contributed by atoms with Crippen molar-refractivity contribution in [2.75, 3.05) is 0 Å². The summed E-state index contributed by atoms with van der Waals surface area (Å²) in [6.45, 7) is 3.53. The van der Waals surface area contributed by atoms with Gasteiger partial charge >= 0.3 is 0 Å². The summed E-state index contributed by atoms with van der Waals surface area (Å²) in [5.74, 6) is 0. The number of hydrogen-bond donors (Lipinski definition) is 1. The predicted molar refractivity (Wildman–Crippen MR) is 37.4 cm³/mol. The van der Waals surface area contributed by atoms with E-state index in [2.05, 4.69) is 9.97 Å². The Morgan fingerprint density at radius 2 is 2.10 bits per heavy atom. The lowest BCUT2D eigenvalue weighted by Gasteiger charge is -2.00. The summed E-state index contributed by atoms with van der Waals surface area (Å²) in [5, 5.41) is 9.01. The van der Waals surface area contributed by atoms with Gasteiger partial charge in [0.2, 0.25) is 0 Å². The Labute approximate surface area is 59.8 Å². The normalized spacial score (nSPS) is 13.1. The first-order valence-electron chi connectivity index (χ1n) is 3.17. The zero-order chi connectivity index (χ0) is 7.56. The molecule has 10 heavy (non-hydrogen) atoms. The third kappa shape index (κ3) is 1.51. The average molecular weight is 138 g/mol. The molecular weight excluding hydrogens is 128 g/mol. The van der Waals surface area contributed by atoms with Crippen LogP contribution in [0.25, 0.3) is 0 Å². The second-order valence-electron chi connectivity index (χ2n) is 2.26. The van der Waals surface area contributed by atoms with E-state index < -0.39 is 6.10 Å². The third-order valence-electron chi connectivity index (χ3n) is 1.23. The van der Waals surface area contributed by atoms with Crippen LogP contribution in [0, 0.1) is 6.92 Å². The van der Waals surface area contributed by atoms with Crippen LogP contribution in [0.15, 0.2) is 12.4 Å². The highest BCUT2D eigenvalue weighted by molar-refractivity contribution is 5.02. The number of hydrogen-bond acceptors (Lipinski definition) is 3. The number of aromatic nitrogens is 2.